The molecular weight excluding hydrogens is 400 g/mol. The molecule has 3 aromatic carbocycles. The summed E-state index contributed by atoms with van der Waals surface area (Å²) >= 11 is 10.4. The average molecular weight is 412 g/mol. The van der Waals surface area contributed by atoms with Gasteiger partial charge in [0, 0.05) is 9.92 Å². The molecule has 0 spiro atoms. The van der Waals surface area contributed by atoms with Gasteiger partial charge in [0.15, 0.2) is 4.90 Å². The predicted molar refractivity (Wildman–Crippen MR) is 101 cm³/mol. The standard InChI is InChI=1S/C18H12ClF2NO2S2/c19-13-3-1-2-11(6-13)14-5-4-10(9-17(14)25)12-7-15(20)18(16(21)8-12)26(22,23)24/h1-9,25H,(H2,22,23,24). The summed E-state index contributed by atoms with van der Waals surface area (Å²) in [7, 11) is -4.50. The van der Waals surface area contributed by atoms with Crippen molar-refractivity contribution >= 4 is 34.3 Å². The van der Waals surface area contributed by atoms with Gasteiger partial charge in [0.2, 0.25) is 10.0 Å². The van der Waals surface area contributed by atoms with Gasteiger partial charge in [0.05, 0.1) is 0 Å². The Bertz CT molecular complexity index is 1090. The van der Waals surface area contributed by atoms with Crippen LogP contribution in [-0.4, -0.2) is 8.42 Å². The molecule has 0 aliphatic rings. The summed E-state index contributed by atoms with van der Waals surface area (Å²) in [4.78, 5) is -0.580. The molecule has 3 aromatic rings. The van der Waals surface area contributed by atoms with Gasteiger partial charge in [-0.25, -0.2) is 22.3 Å². The van der Waals surface area contributed by atoms with Crippen LogP contribution in [0.2, 0.25) is 5.02 Å². The van der Waals surface area contributed by atoms with Gasteiger partial charge in [-0.2, -0.15) is 0 Å². The number of hydrogen-bond acceptors (Lipinski definition) is 3. The third kappa shape index (κ3) is 3.76. The van der Waals surface area contributed by atoms with Gasteiger partial charge in [-0.05, 0) is 52.6 Å². The van der Waals surface area contributed by atoms with Crippen LogP contribution in [0.5, 0.6) is 0 Å². The van der Waals surface area contributed by atoms with Gasteiger partial charge < -0.3 is 0 Å². The van der Waals surface area contributed by atoms with Gasteiger partial charge in [-0.15, -0.1) is 12.6 Å². The molecule has 0 saturated carbocycles. The summed E-state index contributed by atoms with van der Waals surface area (Å²) in [5, 5.41) is 5.41. The Morgan fingerprint density at radius 1 is 0.885 bits per heavy atom. The topological polar surface area (TPSA) is 60.2 Å². The molecule has 0 heterocycles. The maximum atomic E-state index is 14.0. The summed E-state index contributed by atoms with van der Waals surface area (Å²) in [6, 6.07) is 14.1. The van der Waals surface area contributed by atoms with E-state index in [2.05, 4.69) is 12.6 Å². The molecule has 134 valence electrons. The molecule has 0 radical (unpaired) electrons. The van der Waals surface area contributed by atoms with Crippen LogP contribution in [0.3, 0.4) is 0 Å². The van der Waals surface area contributed by atoms with E-state index in [-0.39, 0.29) is 5.56 Å². The van der Waals surface area contributed by atoms with Crippen molar-refractivity contribution in [1.82, 2.24) is 0 Å². The minimum Gasteiger partial charge on any atom is -0.224 e. The third-order valence-electron chi connectivity index (χ3n) is 3.75. The van der Waals surface area contributed by atoms with Crippen molar-refractivity contribution in [3.05, 3.63) is 71.3 Å². The number of benzene rings is 3. The molecule has 0 aliphatic carbocycles. The first kappa shape index (κ1) is 18.8. The molecule has 2 N–H and O–H groups in total. The molecule has 0 aromatic heterocycles. The molecule has 3 rings (SSSR count). The van der Waals surface area contributed by atoms with Crippen molar-refractivity contribution < 1.29 is 17.2 Å². The van der Waals surface area contributed by atoms with Crippen molar-refractivity contribution in [3.63, 3.8) is 0 Å². The highest BCUT2D eigenvalue weighted by atomic mass is 35.5. The molecule has 3 nitrogen and oxygen atoms in total. The third-order valence-corrected chi connectivity index (χ3v) is 5.31. The van der Waals surface area contributed by atoms with Crippen LogP contribution < -0.4 is 5.14 Å². The summed E-state index contributed by atoms with van der Waals surface area (Å²) in [6.07, 6.45) is 0. The molecule has 0 unspecified atom stereocenters. The van der Waals surface area contributed by atoms with Crippen LogP contribution in [0.4, 0.5) is 8.78 Å². The lowest BCUT2D eigenvalue weighted by Crippen LogP contribution is -2.16. The Kier molecular flexibility index (Phi) is 5.07. The van der Waals surface area contributed by atoms with E-state index >= 15 is 0 Å². The Morgan fingerprint density at radius 2 is 1.54 bits per heavy atom. The summed E-state index contributed by atoms with van der Waals surface area (Å²) in [5.41, 5.74) is 2.28. The quantitative estimate of drug-likeness (QED) is 0.603. The van der Waals surface area contributed by atoms with Crippen molar-refractivity contribution in [1.29, 1.82) is 0 Å². The molecule has 0 aliphatic heterocycles. The normalized spacial score (nSPS) is 11.6. The molecule has 0 bridgehead atoms. The monoisotopic (exact) mass is 411 g/mol. The van der Waals surface area contributed by atoms with Crippen molar-refractivity contribution in [2.45, 2.75) is 9.79 Å². The maximum absolute atomic E-state index is 14.0. The van der Waals surface area contributed by atoms with E-state index < -0.39 is 26.6 Å². The lowest BCUT2D eigenvalue weighted by atomic mass is 10.00. The van der Waals surface area contributed by atoms with Crippen LogP contribution in [0, 0.1) is 11.6 Å². The fourth-order valence-corrected chi connectivity index (χ4v) is 3.80. The number of rotatable bonds is 3. The largest absolute Gasteiger partial charge is 0.243 e. The number of primary sulfonamides is 1. The minimum absolute atomic E-state index is 0.167. The van der Waals surface area contributed by atoms with E-state index in [0.717, 1.165) is 23.3 Å². The zero-order valence-corrected chi connectivity index (χ0v) is 15.5. The van der Waals surface area contributed by atoms with Gasteiger partial charge in [-0.3, -0.25) is 0 Å². The molecule has 0 atom stereocenters. The van der Waals surface area contributed by atoms with Crippen LogP contribution in [-0.2, 0) is 10.0 Å². The Labute approximate surface area is 159 Å². The SMILES string of the molecule is NS(=O)(=O)c1c(F)cc(-c2ccc(-c3cccc(Cl)c3)c(S)c2)cc1F. The number of halogens is 3. The predicted octanol–water partition coefficient (Wildman–Crippen LogP) is 4.89. The van der Waals surface area contributed by atoms with Crippen molar-refractivity contribution in [2.75, 3.05) is 0 Å². The van der Waals surface area contributed by atoms with E-state index in [1.165, 1.54) is 0 Å². The fourth-order valence-electron chi connectivity index (χ4n) is 2.61. The van der Waals surface area contributed by atoms with E-state index in [1.807, 2.05) is 6.07 Å². The summed E-state index contributed by atoms with van der Waals surface area (Å²) in [5.74, 6) is -2.50. The zero-order valence-electron chi connectivity index (χ0n) is 13.1. The number of hydrogen-bond donors (Lipinski definition) is 2. The van der Waals surface area contributed by atoms with Gasteiger partial charge in [0.1, 0.15) is 11.6 Å². The summed E-state index contributed by atoms with van der Waals surface area (Å²) in [6.45, 7) is 0. The fraction of sp³-hybridized carbons (Fsp3) is 0. The highest BCUT2D eigenvalue weighted by molar-refractivity contribution is 7.89. The molecule has 0 fully saturated rings. The maximum Gasteiger partial charge on any atom is 0.243 e. The second-order valence-corrected chi connectivity index (χ2v) is 7.97. The van der Waals surface area contributed by atoms with Crippen molar-refractivity contribution in [3.8, 4) is 22.3 Å². The number of thiol groups is 1. The minimum atomic E-state index is -4.50. The van der Waals surface area contributed by atoms with E-state index in [4.69, 9.17) is 16.7 Å². The zero-order chi connectivity index (χ0) is 19.1. The molecular formula is C18H12ClF2NO2S2. The lowest BCUT2D eigenvalue weighted by molar-refractivity contribution is 0.520. The van der Waals surface area contributed by atoms with E-state index in [1.54, 1.807) is 36.4 Å². The van der Waals surface area contributed by atoms with E-state index in [9.17, 15) is 17.2 Å². The molecule has 0 saturated heterocycles. The number of sulfonamides is 1. The van der Waals surface area contributed by atoms with Gasteiger partial charge in [-0.1, -0.05) is 35.9 Å². The molecule has 26 heavy (non-hydrogen) atoms. The second kappa shape index (κ2) is 7.00. The highest BCUT2D eigenvalue weighted by Gasteiger charge is 2.21. The van der Waals surface area contributed by atoms with Crippen LogP contribution in [0.25, 0.3) is 22.3 Å². The van der Waals surface area contributed by atoms with Crippen LogP contribution >= 0.6 is 24.2 Å². The smallest absolute Gasteiger partial charge is 0.224 e. The Hall–Kier alpha value is -1.93. The molecule has 8 heteroatoms. The Morgan fingerprint density at radius 3 is 2.08 bits per heavy atom. The van der Waals surface area contributed by atoms with Crippen LogP contribution in [0.15, 0.2) is 64.4 Å². The van der Waals surface area contributed by atoms with Gasteiger partial charge in [0.25, 0.3) is 0 Å². The lowest BCUT2D eigenvalue weighted by Gasteiger charge is -2.10. The Balaban J connectivity index is 2.08. The molecule has 0 amide bonds. The van der Waals surface area contributed by atoms with Crippen LogP contribution in [0.1, 0.15) is 0 Å². The van der Waals surface area contributed by atoms with E-state index in [0.29, 0.717) is 15.5 Å². The summed E-state index contributed by atoms with van der Waals surface area (Å²) < 4.78 is 50.7. The first-order valence-electron chi connectivity index (χ1n) is 7.28. The first-order chi connectivity index (χ1) is 12.2. The average Bonchev–Trinajstić information content (AvgIpc) is 2.52. The van der Waals surface area contributed by atoms with Crippen molar-refractivity contribution in [2.24, 2.45) is 5.14 Å². The highest BCUT2D eigenvalue weighted by Crippen LogP contribution is 2.33. The second-order valence-electron chi connectivity index (χ2n) is 5.56. The number of nitrogens with two attached hydrogens (primary N) is 1. The first-order valence-corrected chi connectivity index (χ1v) is 9.65. The van der Waals surface area contributed by atoms with Gasteiger partial charge >= 0.3 is 0 Å².